The lowest BCUT2D eigenvalue weighted by Gasteiger charge is -2.29. The number of hydrogen-bond donors (Lipinski definition) is 2. The van der Waals surface area contributed by atoms with Gasteiger partial charge in [-0.25, -0.2) is 4.79 Å². The summed E-state index contributed by atoms with van der Waals surface area (Å²) < 4.78 is 0. The number of nitrogens with zero attached hydrogens (tertiary/aromatic N) is 1. The molecule has 0 aliphatic carbocycles. The van der Waals surface area contributed by atoms with E-state index in [9.17, 15) is 14.7 Å². The van der Waals surface area contributed by atoms with Crippen LogP contribution < -0.4 is 0 Å². The van der Waals surface area contributed by atoms with Crippen LogP contribution in [-0.4, -0.2) is 46.2 Å². The number of hydrogen-bond acceptors (Lipinski definition) is 3. The zero-order valence-electron chi connectivity index (χ0n) is 9.17. The quantitative estimate of drug-likeness (QED) is 0.780. The van der Waals surface area contributed by atoms with Crippen molar-refractivity contribution in [3.8, 4) is 0 Å². The first-order valence-corrected chi connectivity index (χ1v) is 5.37. The van der Waals surface area contributed by atoms with E-state index in [1.807, 2.05) is 12.1 Å². The topological polar surface area (TPSA) is 77.8 Å². The molecule has 90 valence electrons. The fourth-order valence-electron chi connectivity index (χ4n) is 1.94. The molecule has 0 fully saturated rings. The lowest BCUT2D eigenvalue weighted by molar-refractivity contribution is -0.147. The van der Waals surface area contributed by atoms with Gasteiger partial charge in [-0.05, 0) is 18.1 Å². The van der Waals surface area contributed by atoms with E-state index < -0.39 is 12.1 Å². The van der Waals surface area contributed by atoms with Gasteiger partial charge in [-0.2, -0.15) is 0 Å². The third kappa shape index (κ3) is 2.29. The molecule has 2 rings (SSSR count). The Bertz CT molecular complexity index is 458. The highest BCUT2D eigenvalue weighted by Crippen LogP contribution is 2.18. The third-order valence-electron chi connectivity index (χ3n) is 2.86. The van der Waals surface area contributed by atoms with Crippen LogP contribution in [0.4, 0.5) is 0 Å². The third-order valence-corrected chi connectivity index (χ3v) is 2.86. The normalized spacial score (nSPS) is 16.5. The Hall–Kier alpha value is -1.88. The highest BCUT2D eigenvalue weighted by molar-refractivity contribution is 5.97. The molecule has 17 heavy (non-hydrogen) atoms. The molecule has 2 N–H and O–H groups in total. The van der Waals surface area contributed by atoms with Gasteiger partial charge in [0.05, 0.1) is 6.54 Å². The van der Waals surface area contributed by atoms with E-state index in [-0.39, 0.29) is 12.5 Å². The van der Waals surface area contributed by atoms with Crippen molar-refractivity contribution in [3.63, 3.8) is 0 Å². The molecule has 5 nitrogen and oxygen atoms in total. The Morgan fingerprint density at radius 2 is 2.12 bits per heavy atom. The van der Waals surface area contributed by atoms with Crippen molar-refractivity contribution >= 4 is 11.9 Å². The molecule has 1 aliphatic rings. The van der Waals surface area contributed by atoms with Crippen LogP contribution in [0.5, 0.6) is 0 Å². The molecule has 1 amide bonds. The average Bonchev–Trinajstić information content (AvgIpc) is 2.33. The van der Waals surface area contributed by atoms with Gasteiger partial charge in [-0.3, -0.25) is 4.79 Å². The number of fused-ring (bicyclic) bond motifs is 1. The number of rotatable bonds is 3. The fourth-order valence-corrected chi connectivity index (χ4v) is 1.94. The molecule has 1 atom stereocenters. The van der Waals surface area contributed by atoms with Crippen LogP contribution in [0.15, 0.2) is 24.3 Å². The standard InChI is InChI=1S/C12H13NO4/c14-10(12(16)17)7-13-6-5-8-3-1-2-4-9(8)11(13)15/h1-4,10,14H,5-7H2,(H,16,17). The summed E-state index contributed by atoms with van der Waals surface area (Å²) in [7, 11) is 0. The molecule has 5 heteroatoms. The molecular formula is C12H13NO4. The summed E-state index contributed by atoms with van der Waals surface area (Å²) in [6.07, 6.45) is -0.835. The molecule has 1 heterocycles. The summed E-state index contributed by atoms with van der Waals surface area (Å²) in [6.45, 7) is 0.280. The second kappa shape index (κ2) is 4.55. The van der Waals surface area contributed by atoms with Gasteiger partial charge in [-0.15, -0.1) is 0 Å². The van der Waals surface area contributed by atoms with E-state index in [0.29, 0.717) is 18.5 Å². The second-order valence-electron chi connectivity index (χ2n) is 4.01. The van der Waals surface area contributed by atoms with Crippen molar-refractivity contribution in [1.29, 1.82) is 0 Å². The smallest absolute Gasteiger partial charge is 0.334 e. The van der Waals surface area contributed by atoms with Crippen molar-refractivity contribution in [2.75, 3.05) is 13.1 Å². The van der Waals surface area contributed by atoms with Gasteiger partial charge in [0.15, 0.2) is 6.10 Å². The Labute approximate surface area is 98.3 Å². The van der Waals surface area contributed by atoms with Gasteiger partial charge in [-0.1, -0.05) is 18.2 Å². The maximum atomic E-state index is 12.0. The number of carbonyl (C=O) groups is 2. The predicted octanol–water partition coefficient (Wildman–Crippen LogP) is 0.130. The van der Waals surface area contributed by atoms with Crippen molar-refractivity contribution in [1.82, 2.24) is 4.90 Å². The minimum absolute atomic E-state index is 0.164. The van der Waals surface area contributed by atoms with E-state index in [4.69, 9.17) is 5.11 Å². The molecule has 1 aromatic carbocycles. The van der Waals surface area contributed by atoms with Crippen molar-refractivity contribution in [3.05, 3.63) is 35.4 Å². The lowest BCUT2D eigenvalue weighted by atomic mass is 9.99. The maximum Gasteiger partial charge on any atom is 0.334 e. The highest BCUT2D eigenvalue weighted by Gasteiger charge is 2.27. The highest BCUT2D eigenvalue weighted by atomic mass is 16.4. The lowest BCUT2D eigenvalue weighted by Crippen LogP contribution is -2.44. The van der Waals surface area contributed by atoms with E-state index in [1.54, 1.807) is 12.1 Å². The van der Waals surface area contributed by atoms with Crippen LogP contribution in [0.3, 0.4) is 0 Å². The van der Waals surface area contributed by atoms with Crippen LogP contribution in [-0.2, 0) is 11.2 Å². The number of carbonyl (C=O) groups excluding carboxylic acids is 1. The molecule has 0 radical (unpaired) electrons. The van der Waals surface area contributed by atoms with Gasteiger partial charge < -0.3 is 15.1 Å². The number of aliphatic hydroxyl groups is 1. The summed E-state index contributed by atoms with van der Waals surface area (Å²) in [4.78, 5) is 23.9. The molecule has 0 aromatic heterocycles. The summed E-state index contributed by atoms with van der Waals surface area (Å²) >= 11 is 0. The monoisotopic (exact) mass is 235 g/mol. The number of carboxylic acids is 1. The number of amides is 1. The van der Waals surface area contributed by atoms with Crippen molar-refractivity contribution in [2.45, 2.75) is 12.5 Å². The van der Waals surface area contributed by atoms with Gasteiger partial charge in [0.1, 0.15) is 0 Å². The molecule has 1 aromatic rings. The van der Waals surface area contributed by atoms with Crippen molar-refractivity contribution < 1.29 is 19.8 Å². The minimum atomic E-state index is -1.52. The van der Waals surface area contributed by atoms with Gasteiger partial charge >= 0.3 is 5.97 Å². The minimum Gasteiger partial charge on any atom is -0.479 e. The molecule has 1 aliphatic heterocycles. The number of aliphatic carboxylic acids is 1. The van der Waals surface area contributed by atoms with Gasteiger partial charge in [0, 0.05) is 12.1 Å². The summed E-state index contributed by atoms with van der Waals surface area (Å²) in [5, 5.41) is 17.9. The average molecular weight is 235 g/mol. The summed E-state index contributed by atoms with van der Waals surface area (Å²) in [5.41, 5.74) is 1.56. The van der Waals surface area contributed by atoms with Crippen LogP contribution in [0.1, 0.15) is 15.9 Å². The van der Waals surface area contributed by atoms with E-state index in [0.717, 1.165) is 5.56 Å². The zero-order valence-corrected chi connectivity index (χ0v) is 9.17. The van der Waals surface area contributed by atoms with Crippen LogP contribution in [0.2, 0.25) is 0 Å². The Balaban J connectivity index is 2.15. The Morgan fingerprint density at radius 1 is 1.41 bits per heavy atom. The number of β-amino-alcohol motifs (C(OH)–C–C–N with tert-alkyl or cyclic N) is 1. The number of carboxylic acid groups (broad SMARTS) is 1. The SMILES string of the molecule is O=C(O)C(O)CN1CCc2ccccc2C1=O. The Kier molecular flexibility index (Phi) is 3.10. The first-order valence-electron chi connectivity index (χ1n) is 5.37. The van der Waals surface area contributed by atoms with Crippen LogP contribution in [0, 0.1) is 0 Å². The van der Waals surface area contributed by atoms with Gasteiger partial charge in [0.2, 0.25) is 0 Å². The Morgan fingerprint density at radius 3 is 2.82 bits per heavy atom. The van der Waals surface area contributed by atoms with Crippen LogP contribution in [0.25, 0.3) is 0 Å². The molecule has 0 saturated carbocycles. The van der Waals surface area contributed by atoms with Crippen LogP contribution >= 0.6 is 0 Å². The molecule has 0 spiro atoms. The number of benzene rings is 1. The van der Waals surface area contributed by atoms with E-state index in [2.05, 4.69) is 0 Å². The first kappa shape index (κ1) is 11.6. The van der Waals surface area contributed by atoms with Crippen molar-refractivity contribution in [2.24, 2.45) is 0 Å². The molecule has 1 unspecified atom stereocenters. The number of aliphatic hydroxyl groups excluding tert-OH is 1. The summed E-state index contributed by atoms with van der Waals surface area (Å²) in [5.74, 6) is -1.52. The summed E-state index contributed by atoms with van der Waals surface area (Å²) in [6, 6.07) is 7.25. The maximum absolute atomic E-state index is 12.0. The molecular weight excluding hydrogens is 222 g/mol. The second-order valence-corrected chi connectivity index (χ2v) is 4.01. The van der Waals surface area contributed by atoms with E-state index >= 15 is 0 Å². The van der Waals surface area contributed by atoms with Gasteiger partial charge in [0.25, 0.3) is 5.91 Å². The first-order chi connectivity index (χ1) is 8.09. The predicted molar refractivity (Wildman–Crippen MR) is 59.7 cm³/mol. The molecule has 0 bridgehead atoms. The largest absolute Gasteiger partial charge is 0.479 e. The fraction of sp³-hybridized carbons (Fsp3) is 0.333. The zero-order chi connectivity index (χ0) is 12.4. The molecule has 0 saturated heterocycles. The van der Waals surface area contributed by atoms with E-state index in [1.165, 1.54) is 4.90 Å².